The number of thiophene rings is 1. The van der Waals surface area contributed by atoms with Gasteiger partial charge in [-0.05, 0) is 35.7 Å². The number of sulfone groups is 1. The van der Waals surface area contributed by atoms with E-state index in [0.717, 1.165) is 0 Å². The maximum atomic E-state index is 13.2. The van der Waals surface area contributed by atoms with Gasteiger partial charge < -0.3 is 9.47 Å². The van der Waals surface area contributed by atoms with Gasteiger partial charge in [0.15, 0.2) is 21.3 Å². The van der Waals surface area contributed by atoms with Crippen LogP contribution in [0.1, 0.15) is 10.1 Å². The van der Waals surface area contributed by atoms with Crippen LogP contribution < -0.4 is 14.2 Å². The van der Waals surface area contributed by atoms with Gasteiger partial charge in [-0.15, -0.1) is 11.3 Å². The first-order chi connectivity index (χ1) is 14.4. The minimum atomic E-state index is -3.97. The fourth-order valence-electron chi connectivity index (χ4n) is 3.07. The molecule has 2 aromatic carbocycles. The van der Waals surface area contributed by atoms with Crippen molar-refractivity contribution in [2.75, 3.05) is 19.8 Å². The van der Waals surface area contributed by atoms with Gasteiger partial charge in [0.1, 0.15) is 18.5 Å². The molecule has 0 fully saturated rings. The van der Waals surface area contributed by atoms with Crippen LogP contribution in [0.2, 0.25) is 0 Å². The van der Waals surface area contributed by atoms with Crippen molar-refractivity contribution in [2.24, 2.45) is 0 Å². The summed E-state index contributed by atoms with van der Waals surface area (Å²) in [6.07, 6.45) is 0. The number of benzene rings is 2. The number of ether oxygens (including phenoxy) is 2. The minimum absolute atomic E-state index is 0.0196. The number of fused-ring (bicyclic) bond motifs is 1. The largest absolute Gasteiger partial charge is 0.486 e. The summed E-state index contributed by atoms with van der Waals surface area (Å²) in [5.41, 5.74) is 0. The molecular formula is C20H19NO6S3. The normalized spacial score (nSPS) is 14.9. The molecule has 1 aliphatic rings. The third-order valence-electron chi connectivity index (χ3n) is 4.59. The molecule has 0 aliphatic carbocycles. The van der Waals surface area contributed by atoms with Crippen LogP contribution in [0.3, 0.4) is 0 Å². The lowest BCUT2D eigenvalue weighted by Crippen LogP contribution is -2.31. The summed E-state index contributed by atoms with van der Waals surface area (Å²) in [4.78, 5) is 0.680. The smallest absolute Gasteiger partial charge is 0.240 e. The van der Waals surface area contributed by atoms with Gasteiger partial charge in [-0.25, -0.2) is 21.6 Å². The zero-order valence-electron chi connectivity index (χ0n) is 15.7. The molecule has 1 aliphatic heterocycles. The average Bonchev–Trinajstić information content (AvgIpc) is 3.28. The second-order valence-electron chi connectivity index (χ2n) is 6.52. The molecule has 10 heteroatoms. The summed E-state index contributed by atoms with van der Waals surface area (Å²) in [5, 5.41) is 0.713. The average molecular weight is 466 g/mol. The van der Waals surface area contributed by atoms with Crippen LogP contribution in [-0.4, -0.2) is 36.6 Å². The van der Waals surface area contributed by atoms with Crippen LogP contribution in [0.4, 0.5) is 0 Å². The van der Waals surface area contributed by atoms with Gasteiger partial charge in [0, 0.05) is 17.5 Å². The SMILES string of the molecule is O=S(=O)(NCC(c1cccs1)S(=O)(=O)c1ccccc1)c1ccc2c(c1)OCCO2. The molecule has 2 heterocycles. The van der Waals surface area contributed by atoms with Crippen molar-refractivity contribution in [3.8, 4) is 11.5 Å². The summed E-state index contributed by atoms with van der Waals surface area (Å²) in [6.45, 7) is 0.436. The van der Waals surface area contributed by atoms with Crippen molar-refractivity contribution >= 4 is 31.2 Å². The third kappa shape index (κ3) is 4.22. The Kier molecular flexibility index (Phi) is 5.83. The summed E-state index contributed by atoms with van der Waals surface area (Å²) >= 11 is 1.27. The van der Waals surface area contributed by atoms with Crippen molar-refractivity contribution < 1.29 is 26.3 Å². The second kappa shape index (κ2) is 8.38. The van der Waals surface area contributed by atoms with Crippen molar-refractivity contribution in [3.63, 3.8) is 0 Å². The van der Waals surface area contributed by atoms with E-state index in [9.17, 15) is 16.8 Å². The molecule has 1 aromatic heterocycles. The van der Waals surface area contributed by atoms with Gasteiger partial charge in [0.25, 0.3) is 0 Å². The van der Waals surface area contributed by atoms with E-state index in [2.05, 4.69) is 4.72 Å². The standard InChI is InChI=1S/C20H19NO6S3/c22-29(23,15-5-2-1-3-6-15)20(19-7-4-12-28-19)14-21-30(24,25)16-8-9-17-18(13-16)27-11-10-26-17/h1-9,12-13,20-21H,10-11,14H2. The topological polar surface area (TPSA) is 98.8 Å². The Labute approximate surface area is 179 Å². The molecule has 0 bridgehead atoms. The van der Waals surface area contributed by atoms with Crippen molar-refractivity contribution in [1.82, 2.24) is 4.72 Å². The number of nitrogens with one attached hydrogen (secondary N) is 1. The Morgan fingerprint density at radius 1 is 0.867 bits per heavy atom. The van der Waals surface area contributed by atoms with Crippen LogP contribution >= 0.6 is 11.3 Å². The van der Waals surface area contributed by atoms with E-state index in [-0.39, 0.29) is 16.3 Å². The Morgan fingerprint density at radius 2 is 1.60 bits per heavy atom. The van der Waals surface area contributed by atoms with Crippen LogP contribution in [0, 0.1) is 0 Å². The Morgan fingerprint density at radius 3 is 2.30 bits per heavy atom. The van der Waals surface area contributed by atoms with Crippen molar-refractivity contribution in [3.05, 3.63) is 70.9 Å². The molecule has 3 aromatic rings. The first-order valence-corrected chi connectivity index (χ1v) is 13.0. The lowest BCUT2D eigenvalue weighted by atomic mass is 10.3. The lowest BCUT2D eigenvalue weighted by Gasteiger charge is -2.20. The van der Waals surface area contributed by atoms with Gasteiger partial charge >= 0.3 is 0 Å². The molecular weight excluding hydrogens is 446 g/mol. The van der Waals surface area contributed by atoms with Crippen LogP contribution in [0.5, 0.6) is 11.5 Å². The van der Waals surface area contributed by atoms with E-state index in [1.165, 1.54) is 41.7 Å². The molecule has 1 unspecified atom stereocenters. The molecule has 7 nitrogen and oxygen atoms in total. The molecule has 0 saturated carbocycles. The quantitative estimate of drug-likeness (QED) is 0.576. The maximum Gasteiger partial charge on any atom is 0.240 e. The van der Waals surface area contributed by atoms with Gasteiger partial charge in [-0.1, -0.05) is 24.3 Å². The lowest BCUT2D eigenvalue weighted by molar-refractivity contribution is 0.171. The van der Waals surface area contributed by atoms with Crippen LogP contribution in [0.15, 0.2) is 75.8 Å². The molecule has 0 amide bonds. The van der Waals surface area contributed by atoms with E-state index < -0.39 is 25.1 Å². The number of hydrogen-bond acceptors (Lipinski definition) is 7. The molecule has 0 spiro atoms. The number of hydrogen-bond donors (Lipinski definition) is 1. The predicted molar refractivity (Wildman–Crippen MR) is 113 cm³/mol. The van der Waals surface area contributed by atoms with Crippen LogP contribution in [-0.2, 0) is 19.9 Å². The predicted octanol–water partition coefficient (Wildman–Crippen LogP) is 3.01. The first kappa shape index (κ1) is 20.9. The minimum Gasteiger partial charge on any atom is -0.486 e. The molecule has 30 heavy (non-hydrogen) atoms. The fourth-order valence-corrected chi connectivity index (χ4v) is 7.04. The first-order valence-electron chi connectivity index (χ1n) is 9.09. The highest BCUT2D eigenvalue weighted by Gasteiger charge is 2.31. The van der Waals surface area contributed by atoms with E-state index in [0.29, 0.717) is 29.6 Å². The Balaban J connectivity index is 1.61. The highest BCUT2D eigenvalue weighted by atomic mass is 32.2. The van der Waals surface area contributed by atoms with Crippen molar-refractivity contribution in [1.29, 1.82) is 0 Å². The molecule has 0 saturated heterocycles. The molecule has 1 atom stereocenters. The third-order valence-corrected chi connectivity index (χ3v) is 9.24. The molecule has 0 radical (unpaired) electrons. The molecule has 4 rings (SSSR count). The molecule has 1 N–H and O–H groups in total. The Bertz CT molecular complexity index is 1220. The van der Waals surface area contributed by atoms with Crippen LogP contribution in [0.25, 0.3) is 0 Å². The Hall–Kier alpha value is -2.40. The highest BCUT2D eigenvalue weighted by molar-refractivity contribution is 7.92. The zero-order chi connectivity index (χ0) is 21.2. The van der Waals surface area contributed by atoms with E-state index >= 15 is 0 Å². The van der Waals surface area contributed by atoms with Gasteiger partial charge in [-0.2, -0.15) is 0 Å². The zero-order valence-corrected chi connectivity index (χ0v) is 18.2. The maximum absolute atomic E-state index is 13.2. The van der Waals surface area contributed by atoms with Gasteiger partial charge in [0.2, 0.25) is 10.0 Å². The summed E-state index contributed by atoms with van der Waals surface area (Å²) < 4.78 is 65.4. The summed E-state index contributed by atoms with van der Waals surface area (Å²) in [7, 11) is -7.77. The number of rotatable bonds is 7. The highest BCUT2D eigenvalue weighted by Crippen LogP contribution is 2.34. The van der Waals surface area contributed by atoms with E-state index in [4.69, 9.17) is 9.47 Å². The van der Waals surface area contributed by atoms with E-state index in [1.54, 1.807) is 35.7 Å². The summed E-state index contributed by atoms with van der Waals surface area (Å²) in [6, 6.07) is 15.7. The van der Waals surface area contributed by atoms with Gasteiger partial charge in [-0.3, -0.25) is 0 Å². The monoisotopic (exact) mass is 465 g/mol. The van der Waals surface area contributed by atoms with Gasteiger partial charge in [0.05, 0.1) is 9.79 Å². The number of sulfonamides is 1. The van der Waals surface area contributed by atoms with E-state index in [1.807, 2.05) is 0 Å². The second-order valence-corrected chi connectivity index (χ2v) is 11.4. The summed E-state index contributed by atoms with van der Waals surface area (Å²) in [5.74, 6) is 0.819. The fraction of sp³-hybridized carbons (Fsp3) is 0.200. The molecule has 158 valence electrons. The van der Waals surface area contributed by atoms with Crippen molar-refractivity contribution in [2.45, 2.75) is 15.0 Å².